The van der Waals surface area contributed by atoms with Crippen LogP contribution in [0.3, 0.4) is 0 Å². The second kappa shape index (κ2) is 9.23. The molecule has 10 heteroatoms. The summed E-state index contributed by atoms with van der Waals surface area (Å²) in [4.78, 5) is 12.5. The van der Waals surface area contributed by atoms with Gasteiger partial charge < -0.3 is 4.74 Å². The van der Waals surface area contributed by atoms with E-state index in [0.29, 0.717) is 42.6 Å². The van der Waals surface area contributed by atoms with E-state index in [4.69, 9.17) is 4.74 Å². The number of aryl methyl sites for hydroxylation is 1. The Morgan fingerprint density at radius 1 is 1.06 bits per heavy atom. The normalized spacial score (nSPS) is 15.0. The summed E-state index contributed by atoms with van der Waals surface area (Å²) in [6.07, 6.45) is 0. The maximum atomic E-state index is 12.5. The number of hydrogen-bond acceptors (Lipinski definition) is 7. The molecule has 1 N–H and O–H groups in total. The lowest BCUT2D eigenvalue weighted by molar-refractivity contribution is 0.0729. The molecule has 0 bridgehead atoms. The zero-order chi connectivity index (χ0) is 21.8. The lowest BCUT2D eigenvalue weighted by Gasteiger charge is -2.26. The van der Waals surface area contributed by atoms with Crippen LogP contribution in [0.15, 0.2) is 48.5 Å². The first-order chi connectivity index (χ1) is 14.9. The van der Waals surface area contributed by atoms with Gasteiger partial charge in [-0.25, -0.2) is 8.42 Å². The van der Waals surface area contributed by atoms with Crippen molar-refractivity contribution in [2.45, 2.75) is 12.7 Å². The number of hydrogen-bond donors (Lipinski definition) is 1. The van der Waals surface area contributed by atoms with Gasteiger partial charge in [0.25, 0.3) is 5.91 Å². The molecule has 162 valence electrons. The van der Waals surface area contributed by atoms with Crippen molar-refractivity contribution in [1.29, 1.82) is 0 Å². The van der Waals surface area contributed by atoms with Crippen molar-refractivity contribution in [3.8, 4) is 10.6 Å². The highest BCUT2D eigenvalue weighted by Gasteiger charge is 2.24. The van der Waals surface area contributed by atoms with Gasteiger partial charge >= 0.3 is 0 Å². The number of anilines is 1. The van der Waals surface area contributed by atoms with Gasteiger partial charge in [-0.3, -0.25) is 10.1 Å². The van der Waals surface area contributed by atoms with Gasteiger partial charge in [0.15, 0.2) is 0 Å². The van der Waals surface area contributed by atoms with Gasteiger partial charge in [0, 0.05) is 24.2 Å². The van der Waals surface area contributed by atoms with Crippen molar-refractivity contribution >= 4 is 32.4 Å². The summed E-state index contributed by atoms with van der Waals surface area (Å²) in [6, 6.07) is 14.5. The summed E-state index contributed by atoms with van der Waals surface area (Å²) in [5, 5.41) is 12.0. The van der Waals surface area contributed by atoms with Crippen molar-refractivity contribution in [3.05, 3.63) is 65.2 Å². The molecule has 0 radical (unpaired) electrons. The average molecular weight is 459 g/mol. The van der Waals surface area contributed by atoms with Crippen LogP contribution in [-0.2, 0) is 20.5 Å². The molecule has 0 spiro atoms. The molecule has 1 aromatic heterocycles. The van der Waals surface area contributed by atoms with E-state index in [9.17, 15) is 13.2 Å². The molecular weight excluding hydrogens is 436 g/mol. The van der Waals surface area contributed by atoms with E-state index >= 15 is 0 Å². The molecule has 2 aromatic carbocycles. The van der Waals surface area contributed by atoms with Gasteiger partial charge in [-0.2, -0.15) is 4.31 Å². The Morgan fingerprint density at radius 2 is 1.74 bits per heavy atom. The Bertz CT molecular complexity index is 1150. The number of nitrogens with zero attached hydrogens (tertiary/aromatic N) is 3. The average Bonchev–Trinajstić information content (AvgIpc) is 3.23. The van der Waals surface area contributed by atoms with E-state index in [1.165, 1.54) is 15.6 Å². The first kappa shape index (κ1) is 21.6. The lowest BCUT2D eigenvalue weighted by atomic mass is 10.1. The van der Waals surface area contributed by atoms with E-state index in [2.05, 4.69) is 15.5 Å². The van der Waals surface area contributed by atoms with Crippen LogP contribution in [0.5, 0.6) is 0 Å². The molecule has 0 saturated carbocycles. The van der Waals surface area contributed by atoms with Gasteiger partial charge in [-0.1, -0.05) is 53.3 Å². The minimum atomic E-state index is -3.41. The molecule has 8 nitrogen and oxygen atoms in total. The van der Waals surface area contributed by atoms with Crippen molar-refractivity contribution in [3.63, 3.8) is 0 Å². The van der Waals surface area contributed by atoms with Crippen LogP contribution in [0, 0.1) is 6.92 Å². The highest BCUT2D eigenvalue weighted by atomic mass is 32.2. The van der Waals surface area contributed by atoms with Crippen molar-refractivity contribution in [2.24, 2.45) is 0 Å². The number of nitrogens with one attached hydrogen (secondary N) is 1. The standard InChI is InChI=1S/C21H22N4O4S2/c1-15-2-6-18(7-3-15)20-23-24-21(30-20)22-19(26)17-8-4-16(5-9-17)14-31(27,28)25-10-12-29-13-11-25/h2-9H,10-14H2,1H3,(H,22,24,26). The molecule has 1 aliphatic heterocycles. The molecule has 1 aliphatic rings. The molecule has 1 saturated heterocycles. The third-order valence-electron chi connectivity index (χ3n) is 4.87. The first-order valence-corrected chi connectivity index (χ1v) is 12.2. The van der Waals surface area contributed by atoms with Gasteiger partial charge in [0.1, 0.15) is 5.01 Å². The topological polar surface area (TPSA) is 101 Å². The summed E-state index contributed by atoms with van der Waals surface area (Å²) in [7, 11) is -3.41. The number of carbonyl (C=O) groups excluding carboxylic acids is 1. The molecule has 3 aromatic rings. The number of carbonyl (C=O) groups is 1. The summed E-state index contributed by atoms with van der Waals surface area (Å²) in [6.45, 7) is 3.58. The van der Waals surface area contributed by atoms with Crippen LogP contribution in [-0.4, -0.2) is 55.1 Å². The zero-order valence-electron chi connectivity index (χ0n) is 16.9. The fraction of sp³-hybridized carbons (Fsp3) is 0.286. The molecule has 31 heavy (non-hydrogen) atoms. The van der Waals surface area contributed by atoms with E-state index in [1.807, 2.05) is 31.2 Å². The number of rotatable bonds is 6. The smallest absolute Gasteiger partial charge is 0.257 e. The van der Waals surface area contributed by atoms with E-state index in [1.54, 1.807) is 24.3 Å². The third kappa shape index (κ3) is 5.34. The van der Waals surface area contributed by atoms with E-state index in [-0.39, 0.29) is 11.7 Å². The van der Waals surface area contributed by atoms with Crippen LogP contribution < -0.4 is 5.32 Å². The molecule has 1 fully saturated rings. The Balaban J connectivity index is 1.39. The number of aromatic nitrogens is 2. The largest absolute Gasteiger partial charge is 0.379 e. The monoisotopic (exact) mass is 458 g/mol. The fourth-order valence-electron chi connectivity index (χ4n) is 3.13. The van der Waals surface area contributed by atoms with Gasteiger partial charge in [-0.05, 0) is 24.6 Å². The Kier molecular flexibility index (Phi) is 6.42. The van der Waals surface area contributed by atoms with Crippen LogP contribution in [0.25, 0.3) is 10.6 Å². The van der Waals surface area contributed by atoms with Crippen LogP contribution in [0.1, 0.15) is 21.5 Å². The molecule has 0 atom stereocenters. The first-order valence-electron chi connectivity index (χ1n) is 9.77. The zero-order valence-corrected chi connectivity index (χ0v) is 18.6. The molecule has 0 unspecified atom stereocenters. The van der Waals surface area contributed by atoms with Gasteiger partial charge in [0.05, 0.1) is 19.0 Å². The minimum Gasteiger partial charge on any atom is -0.379 e. The van der Waals surface area contributed by atoms with Gasteiger partial charge in [-0.15, -0.1) is 10.2 Å². The fourth-order valence-corrected chi connectivity index (χ4v) is 5.38. The van der Waals surface area contributed by atoms with Crippen LogP contribution >= 0.6 is 11.3 Å². The third-order valence-corrected chi connectivity index (χ3v) is 7.61. The minimum absolute atomic E-state index is 0.106. The number of amides is 1. The van der Waals surface area contributed by atoms with E-state index in [0.717, 1.165) is 16.1 Å². The summed E-state index contributed by atoms with van der Waals surface area (Å²) < 4.78 is 31.7. The summed E-state index contributed by atoms with van der Waals surface area (Å²) in [5.41, 5.74) is 3.14. The van der Waals surface area contributed by atoms with Crippen molar-refractivity contribution in [2.75, 3.05) is 31.6 Å². The lowest BCUT2D eigenvalue weighted by Crippen LogP contribution is -2.41. The van der Waals surface area contributed by atoms with Crippen molar-refractivity contribution in [1.82, 2.24) is 14.5 Å². The Morgan fingerprint density at radius 3 is 2.42 bits per heavy atom. The maximum Gasteiger partial charge on any atom is 0.257 e. The summed E-state index contributed by atoms with van der Waals surface area (Å²) in [5.74, 6) is -0.431. The SMILES string of the molecule is Cc1ccc(-c2nnc(NC(=O)c3ccc(CS(=O)(=O)N4CCOCC4)cc3)s2)cc1. The number of benzene rings is 2. The second-order valence-corrected chi connectivity index (χ2v) is 10.1. The van der Waals surface area contributed by atoms with Crippen LogP contribution in [0.4, 0.5) is 5.13 Å². The quantitative estimate of drug-likeness (QED) is 0.609. The number of morpholine rings is 1. The molecule has 4 rings (SSSR count). The Hall–Kier alpha value is -2.66. The molecule has 0 aliphatic carbocycles. The predicted molar refractivity (Wildman–Crippen MR) is 119 cm³/mol. The highest BCUT2D eigenvalue weighted by Crippen LogP contribution is 2.26. The maximum absolute atomic E-state index is 12.5. The summed E-state index contributed by atoms with van der Waals surface area (Å²) >= 11 is 1.29. The van der Waals surface area contributed by atoms with Crippen molar-refractivity contribution < 1.29 is 17.9 Å². The molecule has 1 amide bonds. The molecular formula is C21H22N4O4S2. The number of sulfonamides is 1. The van der Waals surface area contributed by atoms with E-state index < -0.39 is 10.0 Å². The number of ether oxygens (including phenoxy) is 1. The molecule has 2 heterocycles. The highest BCUT2D eigenvalue weighted by molar-refractivity contribution is 7.88. The van der Waals surface area contributed by atoms with Gasteiger partial charge in [0.2, 0.25) is 15.2 Å². The predicted octanol–water partition coefficient (Wildman–Crippen LogP) is 2.93. The Labute approximate surface area is 184 Å². The van der Waals surface area contributed by atoms with Crippen LogP contribution in [0.2, 0.25) is 0 Å². The second-order valence-electron chi connectivity index (χ2n) is 7.20.